The number of ether oxygens (including phenoxy) is 1. The van der Waals surface area contributed by atoms with Crippen LogP contribution in [-0.4, -0.2) is 56.8 Å². The third kappa shape index (κ3) is 4.54. The zero-order valence-electron chi connectivity index (χ0n) is 16.2. The lowest BCUT2D eigenvalue weighted by atomic mass is 9.97. The Labute approximate surface area is 166 Å². The predicted octanol–water partition coefficient (Wildman–Crippen LogP) is 2.72. The van der Waals surface area contributed by atoms with Gasteiger partial charge in [-0.3, -0.25) is 4.79 Å². The number of carbonyl (C=O) groups is 1. The van der Waals surface area contributed by atoms with Crippen molar-refractivity contribution in [3.8, 4) is 5.75 Å². The fourth-order valence-corrected chi connectivity index (χ4v) is 4.79. The van der Waals surface area contributed by atoms with E-state index in [2.05, 4.69) is 0 Å². The van der Waals surface area contributed by atoms with E-state index in [4.69, 9.17) is 4.74 Å². The lowest BCUT2D eigenvalue weighted by Crippen LogP contribution is -2.50. The van der Waals surface area contributed by atoms with Crippen molar-refractivity contribution >= 4 is 15.9 Å². The lowest BCUT2D eigenvalue weighted by molar-refractivity contribution is -0.132. The number of methoxy groups -OCH3 is 1. The van der Waals surface area contributed by atoms with Crippen molar-refractivity contribution in [2.24, 2.45) is 0 Å². The quantitative estimate of drug-likeness (QED) is 0.745. The molecule has 0 N–H and O–H groups in total. The predicted molar refractivity (Wildman–Crippen MR) is 108 cm³/mol. The van der Waals surface area contributed by atoms with Crippen molar-refractivity contribution in [1.82, 2.24) is 9.21 Å². The van der Waals surface area contributed by atoms with E-state index in [1.165, 1.54) is 4.31 Å². The topological polar surface area (TPSA) is 66.9 Å². The summed E-state index contributed by atoms with van der Waals surface area (Å²) in [5, 5.41) is 0. The largest absolute Gasteiger partial charge is 0.497 e. The summed E-state index contributed by atoms with van der Waals surface area (Å²) in [6.45, 7) is 3.47. The Morgan fingerprint density at radius 3 is 2.18 bits per heavy atom. The highest BCUT2D eigenvalue weighted by Crippen LogP contribution is 2.23. The van der Waals surface area contributed by atoms with Crippen LogP contribution >= 0.6 is 0 Å². The maximum Gasteiger partial charge on any atom is 0.243 e. The lowest BCUT2D eigenvalue weighted by Gasteiger charge is -2.34. The molecule has 1 aliphatic heterocycles. The fraction of sp³-hybridized carbons (Fsp3) is 0.381. The summed E-state index contributed by atoms with van der Waals surface area (Å²) >= 11 is 0. The number of carbonyl (C=O) groups excluding carboxylic acids is 1. The Morgan fingerprint density at radius 1 is 1.00 bits per heavy atom. The number of nitrogens with zero attached hydrogens (tertiary/aromatic N) is 2. The molecule has 0 radical (unpaired) electrons. The van der Waals surface area contributed by atoms with Gasteiger partial charge in [0, 0.05) is 32.6 Å². The minimum Gasteiger partial charge on any atom is -0.497 e. The molecule has 0 bridgehead atoms. The molecule has 0 aromatic heterocycles. The summed E-state index contributed by atoms with van der Waals surface area (Å²) in [4.78, 5) is 14.6. The number of rotatable bonds is 6. The summed E-state index contributed by atoms with van der Waals surface area (Å²) in [6, 6.07) is 16.3. The molecular weight excluding hydrogens is 376 g/mol. The highest BCUT2D eigenvalue weighted by molar-refractivity contribution is 7.89. The van der Waals surface area contributed by atoms with Crippen molar-refractivity contribution in [1.29, 1.82) is 0 Å². The maximum atomic E-state index is 12.8. The number of sulfonamides is 1. The number of amides is 1. The highest BCUT2D eigenvalue weighted by atomic mass is 32.2. The molecule has 1 saturated heterocycles. The van der Waals surface area contributed by atoms with Gasteiger partial charge in [-0.25, -0.2) is 8.42 Å². The molecule has 1 heterocycles. The number of hydrogen-bond acceptors (Lipinski definition) is 4. The second-order valence-corrected chi connectivity index (χ2v) is 8.91. The minimum atomic E-state index is -3.56. The van der Waals surface area contributed by atoms with E-state index in [9.17, 15) is 13.2 Å². The molecule has 7 heteroatoms. The average Bonchev–Trinajstić information content (AvgIpc) is 2.74. The molecule has 1 atom stereocenters. The highest BCUT2D eigenvalue weighted by Gasteiger charge is 2.30. The molecule has 150 valence electrons. The van der Waals surface area contributed by atoms with E-state index in [1.807, 2.05) is 37.3 Å². The molecule has 0 spiro atoms. The van der Waals surface area contributed by atoms with Crippen LogP contribution < -0.4 is 4.74 Å². The van der Waals surface area contributed by atoms with Crippen LogP contribution in [0.4, 0.5) is 0 Å². The molecule has 1 fully saturated rings. The summed E-state index contributed by atoms with van der Waals surface area (Å²) in [5.74, 6) is 0.814. The van der Waals surface area contributed by atoms with Crippen molar-refractivity contribution in [2.75, 3.05) is 33.3 Å². The van der Waals surface area contributed by atoms with Gasteiger partial charge in [-0.05, 0) is 35.7 Å². The van der Waals surface area contributed by atoms with Crippen LogP contribution in [0.5, 0.6) is 5.75 Å². The summed E-state index contributed by atoms with van der Waals surface area (Å²) in [5.41, 5.74) is 1.14. The van der Waals surface area contributed by atoms with Crippen molar-refractivity contribution in [3.63, 3.8) is 0 Å². The normalized spacial score (nSPS) is 16.6. The van der Waals surface area contributed by atoms with Crippen LogP contribution in [0.25, 0.3) is 0 Å². The standard InChI is InChI=1S/C21H26N2O4S/c1-17(18-6-4-3-5-7-18)16-21(24)22-12-14-23(15-13-22)28(25,26)20-10-8-19(27-2)9-11-20/h3-11,17H,12-16H2,1-2H3. The van der Waals surface area contributed by atoms with Gasteiger partial charge >= 0.3 is 0 Å². The summed E-state index contributed by atoms with van der Waals surface area (Å²) < 4.78 is 32.1. The van der Waals surface area contributed by atoms with Gasteiger partial charge in [0.15, 0.2) is 0 Å². The van der Waals surface area contributed by atoms with Gasteiger partial charge in [-0.1, -0.05) is 37.3 Å². The van der Waals surface area contributed by atoms with Gasteiger partial charge in [-0.2, -0.15) is 4.31 Å². The number of benzene rings is 2. The third-order valence-electron chi connectivity index (χ3n) is 5.14. The van der Waals surface area contributed by atoms with Crippen LogP contribution in [0.1, 0.15) is 24.8 Å². The second-order valence-electron chi connectivity index (χ2n) is 6.98. The van der Waals surface area contributed by atoms with E-state index in [-0.39, 0.29) is 16.7 Å². The van der Waals surface area contributed by atoms with E-state index in [0.29, 0.717) is 38.3 Å². The first kappa shape index (κ1) is 20.4. The molecule has 3 rings (SSSR count). The Hall–Kier alpha value is -2.38. The van der Waals surface area contributed by atoms with E-state index in [0.717, 1.165) is 5.56 Å². The molecule has 6 nitrogen and oxygen atoms in total. The molecule has 2 aromatic rings. The van der Waals surface area contributed by atoms with E-state index >= 15 is 0 Å². The van der Waals surface area contributed by atoms with Crippen LogP contribution in [0.2, 0.25) is 0 Å². The molecule has 0 aliphatic carbocycles. The third-order valence-corrected chi connectivity index (χ3v) is 7.05. The Morgan fingerprint density at radius 2 is 1.61 bits per heavy atom. The molecule has 28 heavy (non-hydrogen) atoms. The van der Waals surface area contributed by atoms with Gasteiger partial charge in [0.1, 0.15) is 5.75 Å². The molecule has 2 aromatic carbocycles. The van der Waals surface area contributed by atoms with Crippen molar-refractivity contribution in [2.45, 2.75) is 24.2 Å². The Balaban J connectivity index is 1.58. The van der Waals surface area contributed by atoms with Crippen molar-refractivity contribution in [3.05, 3.63) is 60.2 Å². The van der Waals surface area contributed by atoms with Crippen LogP contribution in [0.3, 0.4) is 0 Å². The first-order chi connectivity index (χ1) is 13.4. The Bertz CT molecular complexity index is 890. The fourth-order valence-electron chi connectivity index (χ4n) is 3.37. The average molecular weight is 403 g/mol. The summed E-state index contributed by atoms with van der Waals surface area (Å²) in [7, 11) is -2.02. The van der Waals surface area contributed by atoms with Gasteiger partial charge in [0.2, 0.25) is 15.9 Å². The van der Waals surface area contributed by atoms with Gasteiger partial charge < -0.3 is 9.64 Å². The van der Waals surface area contributed by atoms with E-state index in [1.54, 1.807) is 36.3 Å². The summed E-state index contributed by atoms with van der Waals surface area (Å²) in [6.07, 6.45) is 0.426. The maximum absolute atomic E-state index is 12.8. The smallest absolute Gasteiger partial charge is 0.243 e. The van der Waals surface area contributed by atoms with Crippen LogP contribution in [0.15, 0.2) is 59.5 Å². The first-order valence-corrected chi connectivity index (χ1v) is 10.8. The SMILES string of the molecule is COc1ccc(S(=O)(=O)N2CCN(C(=O)CC(C)c3ccccc3)CC2)cc1. The van der Waals surface area contributed by atoms with Crippen LogP contribution in [-0.2, 0) is 14.8 Å². The number of hydrogen-bond donors (Lipinski definition) is 0. The van der Waals surface area contributed by atoms with Gasteiger partial charge in [0.25, 0.3) is 0 Å². The first-order valence-electron chi connectivity index (χ1n) is 9.38. The minimum absolute atomic E-state index is 0.0675. The van der Waals surface area contributed by atoms with Crippen molar-refractivity contribution < 1.29 is 17.9 Å². The zero-order valence-corrected chi connectivity index (χ0v) is 17.1. The second kappa shape index (κ2) is 8.75. The molecule has 0 saturated carbocycles. The van der Waals surface area contributed by atoms with Crippen LogP contribution in [0, 0.1) is 0 Å². The monoisotopic (exact) mass is 402 g/mol. The molecule has 1 amide bonds. The number of piperazine rings is 1. The molecule has 1 aliphatic rings. The van der Waals surface area contributed by atoms with Gasteiger partial charge in [-0.15, -0.1) is 0 Å². The van der Waals surface area contributed by atoms with Gasteiger partial charge in [0.05, 0.1) is 12.0 Å². The Kier molecular flexibility index (Phi) is 6.36. The molecular formula is C21H26N2O4S. The molecule has 1 unspecified atom stereocenters. The zero-order chi connectivity index (χ0) is 20.1. The van der Waals surface area contributed by atoms with E-state index < -0.39 is 10.0 Å².